The SMILES string of the molecule is CCc1cccc(CC)c1NC(=O)CNc1ccc(F)cc1. The largest absolute Gasteiger partial charge is 0.376 e. The van der Waals surface area contributed by atoms with Crippen LogP contribution in [0.4, 0.5) is 15.8 Å². The van der Waals surface area contributed by atoms with Gasteiger partial charge in [-0.1, -0.05) is 32.0 Å². The molecule has 2 rings (SSSR count). The topological polar surface area (TPSA) is 41.1 Å². The molecular weight excluding hydrogens is 279 g/mol. The molecule has 2 aromatic rings. The fourth-order valence-corrected chi connectivity index (χ4v) is 2.34. The van der Waals surface area contributed by atoms with E-state index in [1.807, 2.05) is 18.2 Å². The number of carbonyl (C=O) groups excluding carboxylic acids is 1. The van der Waals surface area contributed by atoms with Gasteiger partial charge in [-0.3, -0.25) is 4.79 Å². The quantitative estimate of drug-likeness (QED) is 0.846. The summed E-state index contributed by atoms with van der Waals surface area (Å²) in [6.07, 6.45) is 1.74. The molecule has 2 aromatic carbocycles. The number of aryl methyl sites for hydroxylation is 2. The van der Waals surface area contributed by atoms with Crippen molar-refractivity contribution in [2.24, 2.45) is 0 Å². The predicted octanol–water partition coefficient (Wildman–Crippen LogP) is 4.00. The van der Waals surface area contributed by atoms with Crippen LogP contribution in [0.1, 0.15) is 25.0 Å². The molecule has 0 unspecified atom stereocenters. The highest BCUT2D eigenvalue weighted by atomic mass is 19.1. The van der Waals surface area contributed by atoms with Crippen LogP contribution in [-0.2, 0) is 17.6 Å². The molecule has 0 aliphatic heterocycles. The van der Waals surface area contributed by atoms with Crippen LogP contribution in [0, 0.1) is 5.82 Å². The van der Waals surface area contributed by atoms with Crippen molar-refractivity contribution in [3.8, 4) is 0 Å². The minimum atomic E-state index is -0.292. The van der Waals surface area contributed by atoms with E-state index in [2.05, 4.69) is 24.5 Å². The van der Waals surface area contributed by atoms with Gasteiger partial charge in [0.05, 0.1) is 6.54 Å². The summed E-state index contributed by atoms with van der Waals surface area (Å²) in [6, 6.07) is 12.0. The molecular formula is C18H21FN2O. The lowest BCUT2D eigenvalue weighted by molar-refractivity contribution is -0.114. The van der Waals surface area contributed by atoms with Gasteiger partial charge >= 0.3 is 0 Å². The van der Waals surface area contributed by atoms with Gasteiger partial charge in [-0.2, -0.15) is 0 Å². The molecule has 0 bridgehead atoms. The van der Waals surface area contributed by atoms with Crippen LogP contribution in [-0.4, -0.2) is 12.5 Å². The van der Waals surface area contributed by atoms with Crippen molar-refractivity contribution in [2.45, 2.75) is 26.7 Å². The lowest BCUT2D eigenvalue weighted by Gasteiger charge is -2.15. The van der Waals surface area contributed by atoms with Gasteiger partial charge in [0.25, 0.3) is 0 Å². The van der Waals surface area contributed by atoms with Crippen molar-refractivity contribution >= 4 is 17.3 Å². The molecule has 0 radical (unpaired) electrons. The normalized spacial score (nSPS) is 10.3. The molecule has 0 aromatic heterocycles. The third-order valence-corrected chi connectivity index (χ3v) is 3.56. The smallest absolute Gasteiger partial charge is 0.243 e. The average molecular weight is 300 g/mol. The monoisotopic (exact) mass is 300 g/mol. The third-order valence-electron chi connectivity index (χ3n) is 3.56. The van der Waals surface area contributed by atoms with Crippen molar-refractivity contribution in [1.82, 2.24) is 0 Å². The van der Waals surface area contributed by atoms with Crippen LogP contribution >= 0.6 is 0 Å². The van der Waals surface area contributed by atoms with E-state index in [1.165, 1.54) is 12.1 Å². The van der Waals surface area contributed by atoms with E-state index in [-0.39, 0.29) is 18.3 Å². The average Bonchev–Trinajstić information content (AvgIpc) is 2.54. The maximum atomic E-state index is 12.8. The summed E-state index contributed by atoms with van der Waals surface area (Å²) in [5, 5.41) is 5.98. The molecule has 0 heterocycles. The van der Waals surface area contributed by atoms with Gasteiger partial charge in [-0.15, -0.1) is 0 Å². The van der Waals surface area contributed by atoms with Gasteiger partial charge in [0.2, 0.25) is 5.91 Å². The van der Waals surface area contributed by atoms with E-state index in [1.54, 1.807) is 12.1 Å². The van der Waals surface area contributed by atoms with Crippen LogP contribution in [0.2, 0.25) is 0 Å². The van der Waals surface area contributed by atoms with Crippen LogP contribution in [0.5, 0.6) is 0 Å². The van der Waals surface area contributed by atoms with E-state index >= 15 is 0 Å². The number of rotatable bonds is 6. The third kappa shape index (κ3) is 4.07. The summed E-state index contributed by atoms with van der Waals surface area (Å²) in [4.78, 5) is 12.1. The summed E-state index contributed by atoms with van der Waals surface area (Å²) >= 11 is 0. The summed E-state index contributed by atoms with van der Waals surface area (Å²) < 4.78 is 12.8. The fourth-order valence-electron chi connectivity index (χ4n) is 2.34. The zero-order valence-corrected chi connectivity index (χ0v) is 12.9. The Morgan fingerprint density at radius 2 is 1.59 bits per heavy atom. The molecule has 116 valence electrons. The number of hydrogen-bond donors (Lipinski definition) is 2. The van der Waals surface area contributed by atoms with Crippen molar-refractivity contribution in [3.63, 3.8) is 0 Å². The highest BCUT2D eigenvalue weighted by Gasteiger charge is 2.09. The van der Waals surface area contributed by atoms with Crippen molar-refractivity contribution in [2.75, 3.05) is 17.2 Å². The zero-order chi connectivity index (χ0) is 15.9. The molecule has 0 saturated heterocycles. The standard InChI is InChI=1S/C18H21FN2O/c1-3-13-6-5-7-14(4-2)18(13)21-17(22)12-20-16-10-8-15(19)9-11-16/h5-11,20H,3-4,12H2,1-2H3,(H,21,22). The van der Waals surface area contributed by atoms with Gasteiger partial charge in [-0.05, 0) is 48.2 Å². The van der Waals surface area contributed by atoms with E-state index in [0.717, 1.165) is 35.3 Å². The van der Waals surface area contributed by atoms with Gasteiger partial charge in [0.15, 0.2) is 0 Å². The molecule has 0 spiro atoms. The molecule has 0 aliphatic carbocycles. The number of para-hydroxylation sites is 1. The van der Waals surface area contributed by atoms with E-state index < -0.39 is 0 Å². The first kappa shape index (κ1) is 16.0. The minimum absolute atomic E-state index is 0.111. The molecule has 0 atom stereocenters. The summed E-state index contributed by atoms with van der Waals surface area (Å²) in [5.41, 5.74) is 3.90. The zero-order valence-electron chi connectivity index (χ0n) is 12.9. The summed E-state index contributed by atoms with van der Waals surface area (Å²) in [5.74, 6) is -0.403. The first-order chi connectivity index (χ1) is 10.6. The maximum Gasteiger partial charge on any atom is 0.243 e. The number of carbonyl (C=O) groups is 1. The van der Waals surface area contributed by atoms with Crippen LogP contribution < -0.4 is 10.6 Å². The van der Waals surface area contributed by atoms with E-state index in [9.17, 15) is 9.18 Å². The number of anilines is 2. The second kappa shape index (κ2) is 7.59. The highest BCUT2D eigenvalue weighted by Crippen LogP contribution is 2.22. The van der Waals surface area contributed by atoms with Crippen LogP contribution in [0.25, 0.3) is 0 Å². The lowest BCUT2D eigenvalue weighted by atomic mass is 10.0. The molecule has 0 saturated carbocycles. The molecule has 0 aliphatic rings. The second-order valence-corrected chi connectivity index (χ2v) is 5.07. The first-order valence-electron chi connectivity index (χ1n) is 7.54. The van der Waals surface area contributed by atoms with Crippen LogP contribution in [0.3, 0.4) is 0 Å². The molecule has 1 amide bonds. The first-order valence-corrected chi connectivity index (χ1v) is 7.54. The lowest BCUT2D eigenvalue weighted by Crippen LogP contribution is -2.23. The Labute approximate surface area is 130 Å². The molecule has 22 heavy (non-hydrogen) atoms. The van der Waals surface area contributed by atoms with E-state index in [4.69, 9.17) is 0 Å². The number of amides is 1. The number of nitrogens with one attached hydrogen (secondary N) is 2. The van der Waals surface area contributed by atoms with Crippen molar-refractivity contribution in [1.29, 1.82) is 0 Å². The van der Waals surface area contributed by atoms with Crippen molar-refractivity contribution < 1.29 is 9.18 Å². The Hall–Kier alpha value is -2.36. The Balaban J connectivity index is 2.01. The predicted molar refractivity (Wildman–Crippen MR) is 88.7 cm³/mol. The minimum Gasteiger partial charge on any atom is -0.376 e. The van der Waals surface area contributed by atoms with Crippen molar-refractivity contribution in [3.05, 3.63) is 59.4 Å². The van der Waals surface area contributed by atoms with Crippen LogP contribution in [0.15, 0.2) is 42.5 Å². The molecule has 3 nitrogen and oxygen atoms in total. The van der Waals surface area contributed by atoms with Gasteiger partial charge < -0.3 is 10.6 Å². The Morgan fingerprint density at radius 1 is 1.00 bits per heavy atom. The number of halogens is 1. The molecule has 2 N–H and O–H groups in total. The Bertz CT molecular complexity index is 616. The summed E-state index contributed by atoms with van der Waals surface area (Å²) in [7, 11) is 0. The fraction of sp³-hybridized carbons (Fsp3) is 0.278. The van der Waals surface area contributed by atoms with Gasteiger partial charge in [-0.25, -0.2) is 4.39 Å². The second-order valence-electron chi connectivity index (χ2n) is 5.07. The Morgan fingerprint density at radius 3 is 2.14 bits per heavy atom. The molecule has 0 fully saturated rings. The number of hydrogen-bond acceptors (Lipinski definition) is 2. The van der Waals surface area contributed by atoms with Gasteiger partial charge in [0, 0.05) is 11.4 Å². The Kier molecular flexibility index (Phi) is 5.53. The maximum absolute atomic E-state index is 12.8. The molecule has 4 heteroatoms. The highest BCUT2D eigenvalue weighted by molar-refractivity contribution is 5.95. The number of benzene rings is 2. The van der Waals surface area contributed by atoms with Gasteiger partial charge in [0.1, 0.15) is 5.82 Å². The van der Waals surface area contributed by atoms with E-state index in [0.29, 0.717) is 0 Å². The summed E-state index contributed by atoms with van der Waals surface area (Å²) in [6.45, 7) is 4.29.